The number of likely N-dealkylation sites (N-methyl/N-ethyl adjacent to an activating group) is 2. The second-order valence-corrected chi connectivity index (χ2v) is 5.63. The average molecular weight is 277 g/mol. The molecule has 0 spiro atoms. The number of nitrogens with zero attached hydrogens (tertiary/aromatic N) is 3. The van der Waals surface area contributed by atoms with Gasteiger partial charge in [0, 0.05) is 25.0 Å². The zero-order valence-corrected chi connectivity index (χ0v) is 12.2. The number of hydrogen-bond acceptors (Lipinski definition) is 4. The lowest BCUT2D eigenvalue weighted by molar-refractivity contribution is -0.141. The minimum Gasteiger partial charge on any atom is -0.480 e. The summed E-state index contributed by atoms with van der Waals surface area (Å²) in [6.45, 7) is 1.82. The smallest absolute Gasteiger partial charge is 0.320 e. The van der Waals surface area contributed by atoms with Crippen molar-refractivity contribution in [3.05, 3.63) is 30.1 Å². The highest BCUT2D eigenvalue weighted by Crippen LogP contribution is 2.20. The Morgan fingerprint density at radius 3 is 3.00 bits per heavy atom. The Morgan fingerprint density at radius 1 is 1.60 bits per heavy atom. The van der Waals surface area contributed by atoms with Crippen molar-refractivity contribution < 1.29 is 9.90 Å². The molecular formula is C15H23N3O2. The van der Waals surface area contributed by atoms with E-state index >= 15 is 0 Å². The number of carbonyl (C=O) groups is 1. The summed E-state index contributed by atoms with van der Waals surface area (Å²) in [4.78, 5) is 19.4. The maximum Gasteiger partial charge on any atom is 0.320 e. The van der Waals surface area contributed by atoms with Gasteiger partial charge >= 0.3 is 5.97 Å². The van der Waals surface area contributed by atoms with Crippen molar-refractivity contribution in [1.29, 1.82) is 0 Å². The molecule has 110 valence electrons. The van der Waals surface area contributed by atoms with Gasteiger partial charge in [-0.15, -0.1) is 0 Å². The average Bonchev–Trinajstić information content (AvgIpc) is 2.82. The Balaban J connectivity index is 1.75. The molecule has 2 atom stereocenters. The molecule has 1 fully saturated rings. The molecule has 0 aliphatic carbocycles. The first-order valence-electron chi connectivity index (χ1n) is 7.10. The normalized spacial score (nSPS) is 23.4. The van der Waals surface area contributed by atoms with E-state index in [4.69, 9.17) is 5.11 Å². The van der Waals surface area contributed by atoms with Gasteiger partial charge in [-0.2, -0.15) is 0 Å². The molecule has 2 heterocycles. The van der Waals surface area contributed by atoms with E-state index in [0.29, 0.717) is 6.04 Å². The van der Waals surface area contributed by atoms with Crippen molar-refractivity contribution in [1.82, 2.24) is 14.8 Å². The molecule has 1 aliphatic heterocycles. The standard InChI is InChI=1S/C15H23N3O2/c1-17(8-4-6-12-5-3-7-16-10-12)13-9-14(15(19)20)18(2)11-13/h3,5,7,10,13-14H,4,6,8-9,11H2,1-2H3,(H,19,20). The summed E-state index contributed by atoms with van der Waals surface area (Å²) in [6.07, 6.45) is 6.50. The number of pyridine rings is 1. The van der Waals surface area contributed by atoms with Crippen LogP contribution in [0.25, 0.3) is 0 Å². The van der Waals surface area contributed by atoms with E-state index in [1.54, 1.807) is 6.20 Å². The van der Waals surface area contributed by atoms with Crippen molar-refractivity contribution in [2.75, 3.05) is 27.2 Å². The van der Waals surface area contributed by atoms with Gasteiger partial charge in [0.05, 0.1) is 0 Å². The summed E-state index contributed by atoms with van der Waals surface area (Å²) in [6, 6.07) is 4.06. The first-order chi connectivity index (χ1) is 9.58. The summed E-state index contributed by atoms with van der Waals surface area (Å²) in [5, 5.41) is 9.14. The molecule has 5 nitrogen and oxygen atoms in total. The van der Waals surface area contributed by atoms with Gasteiger partial charge in [0.25, 0.3) is 0 Å². The highest BCUT2D eigenvalue weighted by molar-refractivity contribution is 5.74. The van der Waals surface area contributed by atoms with Crippen LogP contribution in [0, 0.1) is 0 Å². The van der Waals surface area contributed by atoms with Crippen LogP contribution in [0.15, 0.2) is 24.5 Å². The summed E-state index contributed by atoms with van der Waals surface area (Å²) in [7, 11) is 3.98. The monoisotopic (exact) mass is 277 g/mol. The first kappa shape index (κ1) is 14.9. The minimum absolute atomic E-state index is 0.333. The molecule has 0 aromatic carbocycles. The number of rotatable bonds is 6. The lowest BCUT2D eigenvalue weighted by Gasteiger charge is -2.23. The van der Waals surface area contributed by atoms with Crippen LogP contribution < -0.4 is 0 Å². The summed E-state index contributed by atoms with van der Waals surface area (Å²) in [5.74, 6) is -0.709. The zero-order valence-electron chi connectivity index (χ0n) is 12.2. The number of aromatic nitrogens is 1. The van der Waals surface area contributed by atoms with Gasteiger partial charge in [-0.3, -0.25) is 14.7 Å². The molecule has 2 rings (SSSR count). The van der Waals surface area contributed by atoms with Crippen molar-refractivity contribution in [3.8, 4) is 0 Å². The lowest BCUT2D eigenvalue weighted by atomic mass is 10.1. The fourth-order valence-electron chi connectivity index (χ4n) is 2.84. The van der Waals surface area contributed by atoms with E-state index in [-0.39, 0.29) is 6.04 Å². The number of likely N-dealkylation sites (tertiary alicyclic amines) is 1. The number of carboxylic acids is 1. The number of carboxylic acid groups (broad SMARTS) is 1. The zero-order chi connectivity index (χ0) is 14.5. The summed E-state index contributed by atoms with van der Waals surface area (Å²) >= 11 is 0. The molecule has 0 amide bonds. The van der Waals surface area contributed by atoms with Crippen LogP contribution in [0.5, 0.6) is 0 Å². The number of aliphatic carboxylic acids is 1. The van der Waals surface area contributed by atoms with Crippen molar-refractivity contribution >= 4 is 5.97 Å². The third-order valence-electron chi connectivity index (χ3n) is 4.13. The molecule has 0 bridgehead atoms. The third kappa shape index (κ3) is 3.77. The topological polar surface area (TPSA) is 56.7 Å². The predicted molar refractivity (Wildman–Crippen MR) is 77.6 cm³/mol. The van der Waals surface area contributed by atoms with E-state index in [1.807, 2.05) is 24.2 Å². The Hall–Kier alpha value is -1.46. The van der Waals surface area contributed by atoms with Gasteiger partial charge < -0.3 is 10.0 Å². The van der Waals surface area contributed by atoms with Gasteiger partial charge in [-0.1, -0.05) is 6.07 Å². The molecule has 20 heavy (non-hydrogen) atoms. The molecule has 5 heteroatoms. The first-order valence-corrected chi connectivity index (χ1v) is 7.10. The maximum absolute atomic E-state index is 11.1. The van der Waals surface area contributed by atoms with E-state index in [2.05, 4.69) is 23.0 Å². The van der Waals surface area contributed by atoms with Crippen LogP contribution >= 0.6 is 0 Å². The Kier molecular flexibility index (Phi) is 5.09. The minimum atomic E-state index is -0.709. The number of hydrogen-bond donors (Lipinski definition) is 1. The molecule has 1 aliphatic rings. The Bertz CT molecular complexity index is 438. The Morgan fingerprint density at radius 2 is 2.40 bits per heavy atom. The van der Waals surface area contributed by atoms with Gasteiger partial charge in [-0.05, 0) is 51.5 Å². The molecule has 0 saturated carbocycles. The fraction of sp³-hybridized carbons (Fsp3) is 0.600. The highest BCUT2D eigenvalue weighted by Gasteiger charge is 2.35. The second kappa shape index (κ2) is 6.81. The number of aryl methyl sites for hydroxylation is 1. The summed E-state index contributed by atoms with van der Waals surface area (Å²) in [5.41, 5.74) is 1.26. The van der Waals surface area contributed by atoms with Crippen LogP contribution in [-0.4, -0.2) is 65.1 Å². The van der Waals surface area contributed by atoms with Crippen molar-refractivity contribution in [2.24, 2.45) is 0 Å². The molecule has 2 unspecified atom stereocenters. The second-order valence-electron chi connectivity index (χ2n) is 5.63. The maximum atomic E-state index is 11.1. The van der Waals surface area contributed by atoms with Gasteiger partial charge in [0.1, 0.15) is 6.04 Å². The third-order valence-corrected chi connectivity index (χ3v) is 4.13. The van der Waals surface area contributed by atoms with Crippen molar-refractivity contribution in [2.45, 2.75) is 31.3 Å². The molecule has 1 saturated heterocycles. The quantitative estimate of drug-likeness (QED) is 0.844. The fourth-order valence-corrected chi connectivity index (χ4v) is 2.84. The van der Waals surface area contributed by atoms with Gasteiger partial charge in [-0.25, -0.2) is 0 Å². The van der Waals surface area contributed by atoms with E-state index in [0.717, 1.165) is 32.4 Å². The molecule has 1 N–H and O–H groups in total. The SMILES string of the molecule is CN(CCCc1cccnc1)C1CC(C(=O)O)N(C)C1. The molecule has 1 aromatic rings. The van der Waals surface area contributed by atoms with E-state index < -0.39 is 5.97 Å². The lowest BCUT2D eigenvalue weighted by Crippen LogP contribution is -2.34. The largest absolute Gasteiger partial charge is 0.480 e. The van der Waals surface area contributed by atoms with E-state index in [1.165, 1.54) is 5.56 Å². The summed E-state index contributed by atoms with van der Waals surface area (Å²) < 4.78 is 0. The predicted octanol–water partition coefficient (Wildman–Crippen LogP) is 1.10. The Labute approximate surface area is 120 Å². The van der Waals surface area contributed by atoms with Crippen LogP contribution in [0.1, 0.15) is 18.4 Å². The van der Waals surface area contributed by atoms with Crippen LogP contribution in [0.4, 0.5) is 0 Å². The van der Waals surface area contributed by atoms with Crippen LogP contribution in [-0.2, 0) is 11.2 Å². The molecular weight excluding hydrogens is 254 g/mol. The van der Waals surface area contributed by atoms with Crippen LogP contribution in [0.2, 0.25) is 0 Å². The van der Waals surface area contributed by atoms with Crippen LogP contribution in [0.3, 0.4) is 0 Å². The van der Waals surface area contributed by atoms with Gasteiger partial charge in [0.2, 0.25) is 0 Å². The van der Waals surface area contributed by atoms with Crippen molar-refractivity contribution in [3.63, 3.8) is 0 Å². The molecule has 1 aromatic heterocycles. The highest BCUT2D eigenvalue weighted by atomic mass is 16.4. The van der Waals surface area contributed by atoms with Gasteiger partial charge in [0.15, 0.2) is 0 Å². The van der Waals surface area contributed by atoms with E-state index in [9.17, 15) is 4.79 Å². The molecule has 0 radical (unpaired) electrons.